The van der Waals surface area contributed by atoms with E-state index in [1.807, 2.05) is 6.92 Å². The van der Waals surface area contributed by atoms with Crippen LogP contribution in [0.2, 0.25) is 0 Å². The van der Waals surface area contributed by atoms with E-state index in [1.165, 1.54) is 21.3 Å². The quantitative estimate of drug-likeness (QED) is 0.854. The Hall–Kier alpha value is -1.20. The van der Waals surface area contributed by atoms with Gasteiger partial charge < -0.3 is 5.32 Å². The van der Waals surface area contributed by atoms with Gasteiger partial charge in [0.05, 0.1) is 17.3 Å². The topological polar surface area (TPSA) is 42.0 Å². The van der Waals surface area contributed by atoms with Gasteiger partial charge in [0, 0.05) is 9.75 Å². The van der Waals surface area contributed by atoms with Crippen molar-refractivity contribution in [3.8, 4) is 0 Å². The fourth-order valence-electron chi connectivity index (χ4n) is 1.84. The van der Waals surface area contributed by atoms with Gasteiger partial charge in [-0.15, -0.1) is 11.3 Å². The number of ketones is 1. The number of carbonyl (C=O) groups is 1. The summed E-state index contributed by atoms with van der Waals surface area (Å²) in [6.45, 7) is 7.66. The monoisotopic (exact) mass is 280 g/mol. The SMILES string of the molecule is CC(=O)c1c(C)nsc1NC(C)c1ccc(C)s1. The molecule has 0 aliphatic carbocycles. The van der Waals surface area contributed by atoms with E-state index < -0.39 is 0 Å². The van der Waals surface area contributed by atoms with Crippen molar-refractivity contribution in [2.75, 3.05) is 5.32 Å². The van der Waals surface area contributed by atoms with Crippen LogP contribution < -0.4 is 5.32 Å². The molecule has 0 bridgehead atoms. The Morgan fingerprint density at radius 3 is 2.67 bits per heavy atom. The van der Waals surface area contributed by atoms with Gasteiger partial charge in [-0.3, -0.25) is 4.79 Å². The molecule has 0 saturated heterocycles. The molecule has 0 fully saturated rings. The predicted molar refractivity (Wildman–Crippen MR) is 77.9 cm³/mol. The molecule has 1 atom stereocenters. The molecule has 2 aromatic heterocycles. The lowest BCUT2D eigenvalue weighted by Gasteiger charge is -2.12. The van der Waals surface area contributed by atoms with Gasteiger partial charge in [-0.2, -0.15) is 4.37 Å². The van der Waals surface area contributed by atoms with Crippen LogP contribution in [0.15, 0.2) is 12.1 Å². The molecule has 0 amide bonds. The van der Waals surface area contributed by atoms with Crippen LogP contribution in [-0.4, -0.2) is 10.2 Å². The van der Waals surface area contributed by atoms with Crippen molar-refractivity contribution in [3.63, 3.8) is 0 Å². The van der Waals surface area contributed by atoms with Crippen molar-refractivity contribution >= 4 is 33.7 Å². The molecular weight excluding hydrogens is 264 g/mol. The highest BCUT2D eigenvalue weighted by Crippen LogP contribution is 2.31. The molecule has 0 aliphatic rings. The van der Waals surface area contributed by atoms with E-state index in [9.17, 15) is 4.79 Å². The Kier molecular flexibility index (Phi) is 3.82. The summed E-state index contributed by atoms with van der Waals surface area (Å²) < 4.78 is 4.25. The highest BCUT2D eigenvalue weighted by molar-refractivity contribution is 7.12. The molecule has 96 valence electrons. The second-order valence-electron chi connectivity index (χ2n) is 4.34. The molecule has 18 heavy (non-hydrogen) atoms. The number of hydrogen-bond donors (Lipinski definition) is 1. The van der Waals surface area contributed by atoms with E-state index in [1.54, 1.807) is 18.3 Å². The first kappa shape index (κ1) is 13.2. The summed E-state index contributed by atoms with van der Waals surface area (Å²) in [5.74, 6) is 0.0679. The van der Waals surface area contributed by atoms with Crippen LogP contribution in [0.4, 0.5) is 5.00 Å². The van der Waals surface area contributed by atoms with Crippen LogP contribution in [-0.2, 0) is 0 Å². The van der Waals surface area contributed by atoms with Crippen LogP contribution in [0.1, 0.15) is 45.7 Å². The van der Waals surface area contributed by atoms with Crippen LogP contribution >= 0.6 is 22.9 Å². The molecule has 0 radical (unpaired) electrons. The number of aromatic nitrogens is 1. The van der Waals surface area contributed by atoms with Gasteiger partial charge >= 0.3 is 0 Å². The highest BCUT2D eigenvalue weighted by Gasteiger charge is 2.17. The lowest BCUT2D eigenvalue weighted by molar-refractivity contribution is 0.101. The molecule has 3 nitrogen and oxygen atoms in total. The number of aryl methyl sites for hydroxylation is 2. The number of thiophene rings is 1. The number of hydrogen-bond acceptors (Lipinski definition) is 5. The van der Waals surface area contributed by atoms with E-state index in [0.29, 0.717) is 0 Å². The third-order valence-corrected chi connectivity index (χ3v) is 4.80. The van der Waals surface area contributed by atoms with E-state index in [0.717, 1.165) is 16.3 Å². The first-order chi connectivity index (χ1) is 8.49. The van der Waals surface area contributed by atoms with Gasteiger partial charge in [0.1, 0.15) is 5.00 Å². The normalized spacial score (nSPS) is 12.4. The smallest absolute Gasteiger partial charge is 0.164 e. The maximum absolute atomic E-state index is 11.6. The van der Waals surface area contributed by atoms with Crippen molar-refractivity contribution in [1.29, 1.82) is 0 Å². The second-order valence-corrected chi connectivity index (χ2v) is 6.44. The summed E-state index contributed by atoms with van der Waals surface area (Å²) in [7, 11) is 0. The zero-order valence-corrected chi connectivity index (χ0v) is 12.5. The van der Waals surface area contributed by atoms with Crippen LogP contribution in [0, 0.1) is 13.8 Å². The Labute approximate surface area is 115 Å². The summed E-state index contributed by atoms with van der Waals surface area (Å²) in [6, 6.07) is 4.43. The summed E-state index contributed by atoms with van der Waals surface area (Å²) in [5, 5.41) is 4.26. The van der Waals surface area contributed by atoms with Crippen molar-refractivity contribution in [2.24, 2.45) is 0 Å². The van der Waals surface area contributed by atoms with Gasteiger partial charge in [-0.05, 0) is 51.4 Å². The third kappa shape index (κ3) is 2.62. The van der Waals surface area contributed by atoms with Crippen molar-refractivity contribution in [2.45, 2.75) is 33.7 Å². The van der Waals surface area contributed by atoms with E-state index in [-0.39, 0.29) is 11.8 Å². The van der Waals surface area contributed by atoms with Gasteiger partial charge in [0.15, 0.2) is 5.78 Å². The van der Waals surface area contributed by atoms with Crippen molar-refractivity contribution in [3.05, 3.63) is 33.1 Å². The molecule has 0 aromatic carbocycles. The number of nitrogens with zero attached hydrogens (tertiary/aromatic N) is 1. The minimum Gasteiger partial charge on any atom is -0.368 e. The number of nitrogens with one attached hydrogen (secondary N) is 1. The van der Waals surface area contributed by atoms with Gasteiger partial charge in [0.2, 0.25) is 0 Å². The molecule has 2 aromatic rings. The average molecular weight is 280 g/mol. The zero-order chi connectivity index (χ0) is 13.3. The first-order valence-corrected chi connectivity index (χ1v) is 7.38. The average Bonchev–Trinajstić information content (AvgIpc) is 2.85. The van der Waals surface area contributed by atoms with E-state index in [2.05, 4.69) is 35.7 Å². The summed E-state index contributed by atoms with van der Waals surface area (Å²) >= 11 is 3.13. The lowest BCUT2D eigenvalue weighted by atomic mass is 10.1. The molecule has 0 spiro atoms. The standard InChI is InChI=1S/C13H16N2OS2/c1-7-5-6-11(17-7)8(2)14-13-12(10(4)16)9(3)15-18-13/h5-6,8,14H,1-4H3. The Morgan fingerprint density at radius 1 is 1.39 bits per heavy atom. The molecule has 2 rings (SSSR count). The summed E-state index contributed by atoms with van der Waals surface area (Å²) in [5.41, 5.74) is 1.53. The van der Waals surface area contributed by atoms with E-state index >= 15 is 0 Å². The maximum atomic E-state index is 11.6. The van der Waals surface area contributed by atoms with E-state index in [4.69, 9.17) is 0 Å². The Balaban J connectivity index is 2.22. The Morgan fingerprint density at radius 2 is 2.11 bits per heavy atom. The van der Waals surface area contributed by atoms with Crippen molar-refractivity contribution < 1.29 is 4.79 Å². The predicted octanol–water partition coefficient (Wildman–Crippen LogP) is 4.20. The number of rotatable bonds is 4. The lowest BCUT2D eigenvalue weighted by Crippen LogP contribution is -2.07. The molecular formula is C13H16N2OS2. The van der Waals surface area contributed by atoms with Crippen LogP contribution in [0.25, 0.3) is 0 Å². The molecule has 1 unspecified atom stereocenters. The molecule has 0 saturated carbocycles. The van der Waals surface area contributed by atoms with Crippen molar-refractivity contribution in [1.82, 2.24) is 4.37 Å². The zero-order valence-electron chi connectivity index (χ0n) is 10.9. The number of Topliss-reactive ketones (excluding diaryl/α,β-unsaturated/α-hetero) is 1. The third-order valence-electron chi connectivity index (χ3n) is 2.75. The second kappa shape index (κ2) is 5.20. The molecule has 2 heterocycles. The Bertz CT molecular complexity index is 571. The fraction of sp³-hybridized carbons (Fsp3) is 0.385. The number of anilines is 1. The fourth-order valence-corrected chi connectivity index (χ4v) is 3.65. The first-order valence-electron chi connectivity index (χ1n) is 5.79. The molecule has 0 aliphatic heterocycles. The van der Waals surface area contributed by atoms with Gasteiger partial charge in [-0.1, -0.05) is 0 Å². The largest absolute Gasteiger partial charge is 0.368 e. The number of carbonyl (C=O) groups excluding carboxylic acids is 1. The van der Waals surface area contributed by atoms with Crippen LogP contribution in [0.3, 0.4) is 0 Å². The van der Waals surface area contributed by atoms with Gasteiger partial charge in [0.25, 0.3) is 0 Å². The minimum atomic E-state index is 0.0679. The van der Waals surface area contributed by atoms with Crippen LogP contribution in [0.5, 0.6) is 0 Å². The summed E-state index contributed by atoms with van der Waals surface area (Å²) in [6.07, 6.45) is 0. The molecule has 1 N–H and O–H groups in total. The maximum Gasteiger partial charge on any atom is 0.164 e. The highest BCUT2D eigenvalue weighted by atomic mass is 32.1. The molecule has 5 heteroatoms. The minimum absolute atomic E-state index is 0.0679. The summed E-state index contributed by atoms with van der Waals surface area (Å²) in [4.78, 5) is 14.2. The van der Waals surface area contributed by atoms with Gasteiger partial charge in [-0.25, -0.2) is 0 Å².